The SMILES string of the molecule is CCCCC(NC(=O)C1CC(O)CN1)C(=O)O. The van der Waals surface area contributed by atoms with Crippen molar-refractivity contribution in [2.45, 2.75) is 50.8 Å². The van der Waals surface area contributed by atoms with Gasteiger partial charge in [0, 0.05) is 6.54 Å². The van der Waals surface area contributed by atoms with Crippen molar-refractivity contribution < 1.29 is 19.8 Å². The molecule has 0 aromatic heterocycles. The lowest BCUT2D eigenvalue weighted by Gasteiger charge is -2.17. The monoisotopic (exact) mass is 244 g/mol. The molecule has 0 aliphatic carbocycles. The van der Waals surface area contributed by atoms with E-state index < -0.39 is 24.2 Å². The summed E-state index contributed by atoms with van der Waals surface area (Å²) in [7, 11) is 0. The molecule has 1 aliphatic rings. The number of aliphatic hydroxyl groups is 1. The number of β-amino-alcohol motifs (C(OH)–C–C–N with tert-alkyl or cyclic N) is 1. The Kier molecular flexibility index (Phi) is 5.37. The Hall–Kier alpha value is -1.14. The van der Waals surface area contributed by atoms with Crippen LogP contribution < -0.4 is 10.6 Å². The molecule has 1 amide bonds. The number of carbonyl (C=O) groups excluding carboxylic acids is 1. The normalized spacial score (nSPS) is 25.5. The van der Waals surface area contributed by atoms with Crippen molar-refractivity contribution in [2.24, 2.45) is 0 Å². The van der Waals surface area contributed by atoms with E-state index in [0.29, 0.717) is 19.4 Å². The number of carboxylic acid groups (broad SMARTS) is 1. The maximum Gasteiger partial charge on any atom is 0.326 e. The third-order valence-electron chi connectivity index (χ3n) is 2.89. The third kappa shape index (κ3) is 4.32. The van der Waals surface area contributed by atoms with Gasteiger partial charge >= 0.3 is 5.97 Å². The average Bonchev–Trinajstić information content (AvgIpc) is 2.70. The van der Waals surface area contributed by atoms with Crippen LogP contribution >= 0.6 is 0 Å². The molecule has 0 radical (unpaired) electrons. The minimum atomic E-state index is -1.01. The second kappa shape index (κ2) is 6.56. The predicted octanol–water partition coefficient (Wildman–Crippen LogP) is -0.531. The Morgan fingerprint density at radius 3 is 2.71 bits per heavy atom. The summed E-state index contributed by atoms with van der Waals surface area (Å²) in [6.45, 7) is 2.35. The van der Waals surface area contributed by atoms with Crippen LogP contribution in [0.1, 0.15) is 32.6 Å². The first-order valence-corrected chi connectivity index (χ1v) is 5.99. The summed E-state index contributed by atoms with van der Waals surface area (Å²) in [5.74, 6) is -1.35. The lowest BCUT2D eigenvalue weighted by molar-refractivity contribution is -0.142. The number of hydrogen-bond donors (Lipinski definition) is 4. The molecule has 0 spiro atoms. The number of unbranched alkanes of at least 4 members (excludes halogenated alkanes) is 1. The summed E-state index contributed by atoms with van der Waals surface area (Å²) in [6.07, 6.45) is 1.90. The minimum absolute atomic E-state index is 0.339. The van der Waals surface area contributed by atoms with Crippen LogP contribution in [-0.2, 0) is 9.59 Å². The predicted molar refractivity (Wildman–Crippen MR) is 61.5 cm³/mol. The first-order valence-electron chi connectivity index (χ1n) is 5.99. The molecule has 1 saturated heterocycles. The summed E-state index contributed by atoms with van der Waals surface area (Å²) < 4.78 is 0. The second-order valence-electron chi connectivity index (χ2n) is 4.39. The fourth-order valence-electron chi connectivity index (χ4n) is 1.85. The molecule has 0 aromatic carbocycles. The maximum atomic E-state index is 11.7. The number of carbonyl (C=O) groups is 2. The number of aliphatic carboxylic acids is 1. The van der Waals surface area contributed by atoms with Crippen molar-refractivity contribution in [1.82, 2.24) is 10.6 Å². The molecule has 0 bridgehead atoms. The largest absolute Gasteiger partial charge is 0.480 e. The van der Waals surface area contributed by atoms with Gasteiger partial charge in [-0.05, 0) is 12.8 Å². The Labute approximate surface area is 100 Å². The molecule has 1 fully saturated rings. The van der Waals surface area contributed by atoms with E-state index >= 15 is 0 Å². The zero-order chi connectivity index (χ0) is 12.8. The van der Waals surface area contributed by atoms with E-state index in [1.54, 1.807) is 0 Å². The van der Waals surface area contributed by atoms with Gasteiger partial charge in [0.1, 0.15) is 6.04 Å². The first-order chi connectivity index (χ1) is 8.04. The van der Waals surface area contributed by atoms with Gasteiger partial charge in [-0.15, -0.1) is 0 Å². The highest BCUT2D eigenvalue weighted by atomic mass is 16.4. The zero-order valence-corrected chi connectivity index (χ0v) is 9.98. The van der Waals surface area contributed by atoms with Crippen LogP contribution in [-0.4, -0.2) is 46.8 Å². The number of rotatable bonds is 6. The quantitative estimate of drug-likeness (QED) is 0.503. The van der Waals surface area contributed by atoms with Gasteiger partial charge in [0.25, 0.3) is 0 Å². The molecule has 3 atom stereocenters. The molecule has 0 saturated carbocycles. The summed E-state index contributed by atoms with van der Waals surface area (Å²) in [5.41, 5.74) is 0. The molecule has 0 aromatic rings. The zero-order valence-electron chi connectivity index (χ0n) is 9.98. The summed E-state index contributed by atoms with van der Waals surface area (Å²) in [6, 6.07) is -1.31. The molecule has 1 rings (SSSR count). The highest BCUT2D eigenvalue weighted by Crippen LogP contribution is 2.08. The highest BCUT2D eigenvalue weighted by molar-refractivity contribution is 5.87. The van der Waals surface area contributed by atoms with Crippen molar-refractivity contribution in [2.75, 3.05) is 6.54 Å². The van der Waals surface area contributed by atoms with Gasteiger partial charge < -0.3 is 20.8 Å². The third-order valence-corrected chi connectivity index (χ3v) is 2.89. The lowest BCUT2D eigenvalue weighted by atomic mass is 10.1. The molecule has 3 unspecified atom stereocenters. The van der Waals surface area contributed by atoms with Gasteiger partial charge in [-0.2, -0.15) is 0 Å². The molecular weight excluding hydrogens is 224 g/mol. The maximum absolute atomic E-state index is 11.7. The van der Waals surface area contributed by atoms with Gasteiger partial charge in [0.15, 0.2) is 0 Å². The minimum Gasteiger partial charge on any atom is -0.480 e. The molecule has 4 N–H and O–H groups in total. The molecular formula is C11H20N2O4. The van der Waals surface area contributed by atoms with Gasteiger partial charge in [-0.1, -0.05) is 19.8 Å². The highest BCUT2D eigenvalue weighted by Gasteiger charge is 2.30. The molecule has 98 valence electrons. The van der Waals surface area contributed by atoms with Crippen LogP contribution in [0, 0.1) is 0 Å². The molecule has 6 heteroatoms. The van der Waals surface area contributed by atoms with Crippen LogP contribution in [0.2, 0.25) is 0 Å². The van der Waals surface area contributed by atoms with Crippen LogP contribution in [0.25, 0.3) is 0 Å². The van der Waals surface area contributed by atoms with Gasteiger partial charge in [-0.3, -0.25) is 4.79 Å². The Morgan fingerprint density at radius 1 is 1.53 bits per heavy atom. The Morgan fingerprint density at radius 2 is 2.24 bits per heavy atom. The number of amides is 1. The van der Waals surface area contributed by atoms with Crippen LogP contribution in [0.4, 0.5) is 0 Å². The number of carboxylic acids is 1. The Bertz CT molecular complexity index is 283. The van der Waals surface area contributed by atoms with Gasteiger partial charge in [0.05, 0.1) is 12.1 Å². The van der Waals surface area contributed by atoms with E-state index in [-0.39, 0.29) is 5.91 Å². The number of hydrogen-bond acceptors (Lipinski definition) is 4. The number of aliphatic hydroxyl groups excluding tert-OH is 1. The average molecular weight is 244 g/mol. The van der Waals surface area contributed by atoms with Crippen molar-refractivity contribution in [3.05, 3.63) is 0 Å². The van der Waals surface area contributed by atoms with Crippen molar-refractivity contribution in [1.29, 1.82) is 0 Å². The van der Waals surface area contributed by atoms with E-state index in [9.17, 15) is 14.7 Å². The van der Waals surface area contributed by atoms with E-state index in [2.05, 4.69) is 10.6 Å². The van der Waals surface area contributed by atoms with Crippen molar-refractivity contribution in [3.63, 3.8) is 0 Å². The first kappa shape index (κ1) is 13.9. The van der Waals surface area contributed by atoms with Crippen molar-refractivity contribution in [3.8, 4) is 0 Å². The lowest BCUT2D eigenvalue weighted by Crippen LogP contribution is -2.48. The van der Waals surface area contributed by atoms with E-state index in [0.717, 1.165) is 12.8 Å². The fraction of sp³-hybridized carbons (Fsp3) is 0.818. The standard InChI is InChI=1S/C11H20N2O4/c1-2-3-4-8(11(16)17)13-10(15)9-5-7(14)6-12-9/h7-9,12,14H,2-6H2,1H3,(H,13,15)(H,16,17). The van der Waals surface area contributed by atoms with Gasteiger partial charge in [-0.25, -0.2) is 4.79 Å². The van der Waals surface area contributed by atoms with Gasteiger partial charge in [0.2, 0.25) is 5.91 Å². The van der Waals surface area contributed by atoms with E-state index in [1.165, 1.54) is 0 Å². The molecule has 1 heterocycles. The second-order valence-corrected chi connectivity index (χ2v) is 4.39. The van der Waals surface area contributed by atoms with Crippen LogP contribution in [0.15, 0.2) is 0 Å². The topological polar surface area (TPSA) is 98.7 Å². The Balaban J connectivity index is 2.43. The summed E-state index contributed by atoms with van der Waals surface area (Å²) >= 11 is 0. The molecule has 17 heavy (non-hydrogen) atoms. The fourth-order valence-corrected chi connectivity index (χ4v) is 1.85. The van der Waals surface area contributed by atoms with Crippen LogP contribution in [0.3, 0.4) is 0 Å². The number of nitrogens with one attached hydrogen (secondary N) is 2. The molecule has 1 aliphatic heterocycles. The molecule has 6 nitrogen and oxygen atoms in total. The summed E-state index contributed by atoms with van der Waals surface area (Å²) in [5, 5.41) is 23.6. The summed E-state index contributed by atoms with van der Waals surface area (Å²) in [4.78, 5) is 22.7. The van der Waals surface area contributed by atoms with Crippen LogP contribution in [0.5, 0.6) is 0 Å². The van der Waals surface area contributed by atoms with E-state index in [1.807, 2.05) is 6.92 Å². The smallest absolute Gasteiger partial charge is 0.326 e. The van der Waals surface area contributed by atoms with E-state index in [4.69, 9.17) is 5.11 Å². The van der Waals surface area contributed by atoms with Crippen molar-refractivity contribution >= 4 is 11.9 Å².